The minimum atomic E-state index is -0.629. The van der Waals surface area contributed by atoms with Crippen molar-refractivity contribution < 1.29 is 14.3 Å². The Hall–Kier alpha value is -1.35. The zero-order valence-electron chi connectivity index (χ0n) is 9.97. The number of hydrogen-bond donors (Lipinski definition) is 0. The average molecular weight is 222 g/mol. The van der Waals surface area contributed by atoms with E-state index in [9.17, 15) is 4.79 Å². The van der Waals surface area contributed by atoms with E-state index in [1.54, 1.807) is 0 Å². The van der Waals surface area contributed by atoms with Gasteiger partial charge >= 0.3 is 5.97 Å². The molecule has 3 heteroatoms. The van der Waals surface area contributed by atoms with Crippen LogP contribution in [-0.4, -0.2) is 19.2 Å². The van der Waals surface area contributed by atoms with E-state index in [1.165, 1.54) is 7.11 Å². The van der Waals surface area contributed by atoms with Crippen LogP contribution in [0.25, 0.3) is 0 Å². The van der Waals surface area contributed by atoms with Crippen LogP contribution in [0.1, 0.15) is 31.9 Å². The Morgan fingerprint density at radius 2 is 1.94 bits per heavy atom. The predicted molar refractivity (Wildman–Crippen MR) is 62.0 cm³/mol. The van der Waals surface area contributed by atoms with E-state index in [-0.39, 0.29) is 12.1 Å². The number of esters is 1. The third-order valence-corrected chi connectivity index (χ3v) is 2.44. The van der Waals surface area contributed by atoms with Crippen molar-refractivity contribution in [1.82, 2.24) is 0 Å². The monoisotopic (exact) mass is 222 g/mol. The molecular formula is C13H18O3. The van der Waals surface area contributed by atoms with Crippen LogP contribution in [0.2, 0.25) is 0 Å². The second kappa shape index (κ2) is 6.28. The number of ether oxygens (including phenoxy) is 2. The molecule has 1 aromatic carbocycles. The molecule has 1 unspecified atom stereocenters. The van der Waals surface area contributed by atoms with Gasteiger partial charge in [0.25, 0.3) is 0 Å². The smallest absolute Gasteiger partial charge is 0.340 e. The van der Waals surface area contributed by atoms with Crippen LogP contribution in [0.15, 0.2) is 30.3 Å². The molecule has 0 spiro atoms. The van der Waals surface area contributed by atoms with Gasteiger partial charge in [0.15, 0.2) is 6.10 Å². The third kappa shape index (κ3) is 3.35. The van der Waals surface area contributed by atoms with E-state index in [0.29, 0.717) is 0 Å². The SMILES string of the molecule is CC[C@@H](C)OC(=O)C(OC)c1ccccc1. The van der Waals surface area contributed by atoms with Crippen LogP contribution in [-0.2, 0) is 14.3 Å². The molecule has 88 valence electrons. The highest BCUT2D eigenvalue weighted by molar-refractivity contribution is 5.76. The van der Waals surface area contributed by atoms with E-state index < -0.39 is 6.10 Å². The molecule has 0 fully saturated rings. The lowest BCUT2D eigenvalue weighted by Crippen LogP contribution is -2.22. The van der Waals surface area contributed by atoms with E-state index in [2.05, 4.69) is 0 Å². The summed E-state index contributed by atoms with van der Waals surface area (Å²) in [6.45, 7) is 3.85. The highest BCUT2D eigenvalue weighted by Gasteiger charge is 2.22. The summed E-state index contributed by atoms with van der Waals surface area (Å²) >= 11 is 0. The largest absolute Gasteiger partial charge is 0.461 e. The second-order valence-electron chi connectivity index (χ2n) is 3.68. The molecule has 0 saturated carbocycles. The first kappa shape index (κ1) is 12.7. The molecule has 0 radical (unpaired) electrons. The molecule has 0 aromatic heterocycles. The van der Waals surface area contributed by atoms with Gasteiger partial charge in [-0.3, -0.25) is 0 Å². The third-order valence-electron chi connectivity index (χ3n) is 2.44. The van der Waals surface area contributed by atoms with Gasteiger partial charge in [0.05, 0.1) is 6.10 Å². The molecule has 0 aliphatic heterocycles. The Labute approximate surface area is 96.4 Å². The van der Waals surface area contributed by atoms with Crippen molar-refractivity contribution in [2.75, 3.05) is 7.11 Å². The first-order chi connectivity index (χ1) is 7.69. The van der Waals surface area contributed by atoms with Crippen molar-refractivity contribution in [3.63, 3.8) is 0 Å². The fraction of sp³-hybridized carbons (Fsp3) is 0.462. The molecule has 3 nitrogen and oxygen atoms in total. The molecule has 1 aromatic rings. The molecule has 0 aliphatic carbocycles. The number of benzene rings is 1. The van der Waals surface area contributed by atoms with Gasteiger partial charge < -0.3 is 9.47 Å². The van der Waals surface area contributed by atoms with Crippen molar-refractivity contribution in [1.29, 1.82) is 0 Å². The van der Waals surface area contributed by atoms with Gasteiger partial charge in [-0.05, 0) is 18.9 Å². The maximum absolute atomic E-state index is 11.8. The number of hydrogen-bond acceptors (Lipinski definition) is 3. The summed E-state index contributed by atoms with van der Waals surface area (Å²) < 4.78 is 10.4. The molecule has 16 heavy (non-hydrogen) atoms. The Morgan fingerprint density at radius 3 is 2.44 bits per heavy atom. The molecular weight excluding hydrogens is 204 g/mol. The quantitative estimate of drug-likeness (QED) is 0.718. The lowest BCUT2D eigenvalue weighted by atomic mass is 10.1. The maximum Gasteiger partial charge on any atom is 0.340 e. The van der Waals surface area contributed by atoms with Gasteiger partial charge in [0.1, 0.15) is 0 Å². The van der Waals surface area contributed by atoms with Crippen molar-refractivity contribution in [2.45, 2.75) is 32.5 Å². The van der Waals surface area contributed by atoms with Gasteiger partial charge in [-0.1, -0.05) is 37.3 Å². The molecule has 2 atom stereocenters. The van der Waals surface area contributed by atoms with Crippen molar-refractivity contribution in [3.8, 4) is 0 Å². The van der Waals surface area contributed by atoms with E-state index in [4.69, 9.17) is 9.47 Å². The summed E-state index contributed by atoms with van der Waals surface area (Å²) in [5.74, 6) is -0.331. The molecule has 0 amide bonds. The van der Waals surface area contributed by atoms with Crippen molar-refractivity contribution in [3.05, 3.63) is 35.9 Å². The molecule has 1 rings (SSSR count). The summed E-state index contributed by atoms with van der Waals surface area (Å²) in [5, 5.41) is 0. The van der Waals surface area contributed by atoms with Gasteiger partial charge in [0, 0.05) is 7.11 Å². The summed E-state index contributed by atoms with van der Waals surface area (Å²) in [6.07, 6.45) is 0.0980. The number of carbonyl (C=O) groups excluding carboxylic acids is 1. The number of methoxy groups -OCH3 is 1. The van der Waals surface area contributed by atoms with Crippen LogP contribution < -0.4 is 0 Å². The Kier molecular flexibility index (Phi) is 4.99. The standard InChI is InChI=1S/C13H18O3/c1-4-10(2)16-13(14)12(15-3)11-8-6-5-7-9-11/h5-10,12H,4H2,1-3H3/t10-,12?/m1/s1. The molecule has 0 heterocycles. The van der Waals surface area contributed by atoms with Crippen LogP contribution in [0, 0.1) is 0 Å². The topological polar surface area (TPSA) is 35.5 Å². The minimum Gasteiger partial charge on any atom is -0.461 e. The fourth-order valence-electron chi connectivity index (χ4n) is 1.34. The van der Waals surface area contributed by atoms with Crippen LogP contribution in [0.4, 0.5) is 0 Å². The van der Waals surface area contributed by atoms with Crippen molar-refractivity contribution in [2.24, 2.45) is 0 Å². The second-order valence-corrected chi connectivity index (χ2v) is 3.68. The zero-order valence-corrected chi connectivity index (χ0v) is 9.97. The van der Waals surface area contributed by atoms with Crippen LogP contribution >= 0.6 is 0 Å². The van der Waals surface area contributed by atoms with E-state index >= 15 is 0 Å². The lowest BCUT2D eigenvalue weighted by Gasteiger charge is -2.17. The Morgan fingerprint density at radius 1 is 1.31 bits per heavy atom. The summed E-state index contributed by atoms with van der Waals surface area (Å²) in [7, 11) is 1.51. The van der Waals surface area contributed by atoms with Gasteiger partial charge in [0.2, 0.25) is 0 Å². The molecule has 0 N–H and O–H groups in total. The predicted octanol–water partition coefficient (Wildman–Crippen LogP) is 2.72. The highest BCUT2D eigenvalue weighted by Crippen LogP contribution is 2.18. The minimum absolute atomic E-state index is 0.0751. The Bertz CT molecular complexity index is 321. The molecule has 0 bridgehead atoms. The normalized spacial score (nSPS) is 14.2. The fourth-order valence-corrected chi connectivity index (χ4v) is 1.34. The Balaban J connectivity index is 2.71. The van der Waals surface area contributed by atoms with Crippen LogP contribution in [0.5, 0.6) is 0 Å². The van der Waals surface area contributed by atoms with Gasteiger partial charge in [-0.2, -0.15) is 0 Å². The van der Waals surface area contributed by atoms with E-state index in [1.807, 2.05) is 44.2 Å². The highest BCUT2D eigenvalue weighted by atomic mass is 16.6. The molecule has 0 saturated heterocycles. The van der Waals surface area contributed by atoms with Crippen molar-refractivity contribution >= 4 is 5.97 Å². The summed E-state index contributed by atoms with van der Waals surface area (Å²) in [4.78, 5) is 11.8. The summed E-state index contributed by atoms with van der Waals surface area (Å²) in [5.41, 5.74) is 0.818. The molecule has 0 aliphatic rings. The lowest BCUT2D eigenvalue weighted by molar-refractivity contribution is -0.160. The van der Waals surface area contributed by atoms with Crippen LogP contribution in [0.3, 0.4) is 0 Å². The summed E-state index contributed by atoms with van der Waals surface area (Å²) in [6, 6.07) is 9.35. The average Bonchev–Trinajstić information content (AvgIpc) is 2.31. The number of carbonyl (C=O) groups is 1. The first-order valence-corrected chi connectivity index (χ1v) is 5.47. The van der Waals surface area contributed by atoms with Gasteiger partial charge in [-0.25, -0.2) is 4.79 Å². The van der Waals surface area contributed by atoms with E-state index in [0.717, 1.165) is 12.0 Å². The zero-order chi connectivity index (χ0) is 12.0. The van der Waals surface area contributed by atoms with Gasteiger partial charge in [-0.15, -0.1) is 0 Å². The first-order valence-electron chi connectivity index (χ1n) is 5.47. The number of rotatable bonds is 5. The maximum atomic E-state index is 11.8.